The monoisotopic (exact) mass is 428 g/mol. The largest absolute Gasteiger partial charge is 0.495 e. The van der Waals surface area contributed by atoms with Crippen LogP contribution in [0.3, 0.4) is 0 Å². The van der Waals surface area contributed by atoms with Crippen LogP contribution in [0.15, 0.2) is 53.2 Å². The van der Waals surface area contributed by atoms with Crippen LogP contribution in [0.5, 0.6) is 0 Å². The van der Waals surface area contributed by atoms with Crippen LogP contribution in [0, 0.1) is 0 Å². The Labute approximate surface area is 179 Å². The molecule has 2 heterocycles. The highest BCUT2D eigenvalue weighted by atomic mass is 32.2. The van der Waals surface area contributed by atoms with Crippen LogP contribution in [0.4, 0.5) is 0 Å². The summed E-state index contributed by atoms with van der Waals surface area (Å²) in [7, 11) is -4.30. The summed E-state index contributed by atoms with van der Waals surface area (Å²) >= 11 is 0. The second kappa shape index (κ2) is 6.55. The van der Waals surface area contributed by atoms with Crippen LogP contribution >= 0.6 is 0 Å². The van der Waals surface area contributed by atoms with Gasteiger partial charge in [-0.25, -0.2) is 8.42 Å². The number of benzene rings is 1. The third-order valence-electron chi connectivity index (χ3n) is 6.77. The number of fused-ring (bicyclic) bond motifs is 1. The molecule has 1 atom stereocenters. The van der Waals surface area contributed by atoms with Crippen LogP contribution in [0.25, 0.3) is 10.9 Å². The molecule has 6 nitrogen and oxygen atoms in total. The molecule has 0 N–H and O–H groups in total. The Balaban J connectivity index is 1.73. The zero-order chi connectivity index (χ0) is 22.1. The number of allylic oxidation sites excluding steroid dienone is 3. The molecule has 1 aromatic carbocycles. The van der Waals surface area contributed by atoms with Gasteiger partial charge in [0, 0.05) is 5.39 Å². The van der Waals surface area contributed by atoms with Gasteiger partial charge in [-0.2, -0.15) is 9.19 Å². The van der Waals surface area contributed by atoms with Gasteiger partial charge >= 0.3 is 7.12 Å². The lowest BCUT2D eigenvalue weighted by molar-refractivity contribution is 0.00578. The smallest absolute Gasteiger partial charge is 0.399 e. The highest BCUT2D eigenvalue weighted by molar-refractivity contribution is 7.91. The molecule has 1 fully saturated rings. The maximum absolute atomic E-state index is 13.7. The van der Waals surface area contributed by atoms with Crippen molar-refractivity contribution in [3.63, 3.8) is 0 Å². The van der Waals surface area contributed by atoms with Crippen LogP contribution in [-0.4, -0.2) is 40.7 Å². The number of rotatable bonds is 3. The number of aromatic nitrogens is 2. The van der Waals surface area contributed by atoms with E-state index in [9.17, 15) is 8.42 Å². The molecule has 30 heavy (non-hydrogen) atoms. The van der Waals surface area contributed by atoms with Gasteiger partial charge in [-0.1, -0.05) is 35.4 Å². The molecule has 8 heteroatoms. The average molecular weight is 428 g/mol. The van der Waals surface area contributed by atoms with Crippen LogP contribution in [0.2, 0.25) is 0 Å². The second-order valence-corrected chi connectivity index (χ2v) is 11.9. The first-order chi connectivity index (χ1) is 13.8. The summed E-state index contributed by atoms with van der Waals surface area (Å²) in [6.07, 6.45) is 3.76. The van der Waals surface area contributed by atoms with Crippen LogP contribution < -0.4 is 0 Å². The zero-order valence-corrected chi connectivity index (χ0v) is 19.5. The predicted molar refractivity (Wildman–Crippen MR) is 120 cm³/mol. The molecule has 2 aliphatic rings. The summed E-state index contributed by atoms with van der Waals surface area (Å²) in [6, 6.07) is 7.33. The fourth-order valence-electron chi connectivity index (χ4n) is 4.40. The van der Waals surface area contributed by atoms with Crippen molar-refractivity contribution in [3.8, 4) is 0 Å². The lowest BCUT2D eigenvalue weighted by atomic mass is 9.67. The lowest BCUT2D eigenvalue weighted by Gasteiger charge is -2.33. The predicted octanol–water partition coefficient (Wildman–Crippen LogP) is 4.27. The summed E-state index contributed by atoms with van der Waals surface area (Å²) in [4.78, 5) is 0. The van der Waals surface area contributed by atoms with E-state index in [1.807, 2.05) is 65.8 Å². The van der Waals surface area contributed by atoms with Gasteiger partial charge in [0.15, 0.2) is 0 Å². The normalized spacial score (nSPS) is 26.4. The molecule has 0 amide bonds. The Hall–Kier alpha value is -1.90. The topological polar surface area (TPSA) is 70.4 Å². The SMILES string of the molecule is CC1=CC(C)(S(=O)(=O)n2ncc3ccccc32)CC(C)=C1B1OC(C)(C)C(C)(C)O1. The maximum Gasteiger partial charge on any atom is 0.495 e. The minimum Gasteiger partial charge on any atom is -0.399 e. The summed E-state index contributed by atoms with van der Waals surface area (Å²) in [6.45, 7) is 13.7. The van der Waals surface area contributed by atoms with Gasteiger partial charge in [0.05, 0.1) is 22.9 Å². The average Bonchev–Trinajstić information content (AvgIpc) is 3.12. The van der Waals surface area contributed by atoms with Gasteiger partial charge < -0.3 is 9.31 Å². The Morgan fingerprint density at radius 1 is 1.03 bits per heavy atom. The highest BCUT2D eigenvalue weighted by Crippen LogP contribution is 2.44. The quantitative estimate of drug-likeness (QED) is 0.683. The zero-order valence-electron chi connectivity index (χ0n) is 18.7. The molecule has 2 aromatic rings. The van der Waals surface area contributed by atoms with Gasteiger partial charge in [-0.3, -0.25) is 0 Å². The number of para-hydroxylation sites is 1. The molecule has 1 aliphatic carbocycles. The molecule has 160 valence electrons. The van der Waals surface area contributed by atoms with Crippen LogP contribution in [-0.2, 0) is 19.3 Å². The lowest BCUT2D eigenvalue weighted by Crippen LogP contribution is -2.41. The van der Waals surface area contributed by atoms with E-state index >= 15 is 0 Å². The third kappa shape index (κ3) is 3.00. The van der Waals surface area contributed by atoms with Gasteiger partial charge in [0.25, 0.3) is 10.0 Å². The van der Waals surface area contributed by atoms with E-state index < -0.39 is 33.1 Å². The van der Waals surface area contributed by atoms with Crippen molar-refractivity contribution >= 4 is 28.0 Å². The molecule has 4 rings (SSSR count). The molecule has 0 saturated carbocycles. The van der Waals surface area contributed by atoms with E-state index in [2.05, 4.69) is 5.10 Å². The molecule has 1 aliphatic heterocycles. The van der Waals surface area contributed by atoms with Crippen molar-refractivity contribution in [2.24, 2.45) is 0 Å². The van der Waals surface area contributed by atoms with E-state index in [0.717, 1.165) is 22.0 Å². The van der Waals surface area contributed by atoms with E-state index in [1.54, 1.807) is 19.2 Å². The summed E-state index contributed by atoms with van der Waals surface area (Å²) in [5.74, 6) is 0. The summed E-state index contributed by atoms with van der Waals surface area (Å²) in [5, 5.41) is 5.00. The van der Waals surface area contributed by atoms with Crippen LogP contribution in [0.1, 0.15) is 54.9 Å². The minimum absolute atomic E-state index is 0.347. The van der Waals surface area contributed by atoms with E-state index in [1.165, 1.54) is 4.09 Å². The third-order valence-corrected chi connectivity index (χ3v) is 8.96. The second-order valence-electron chi connectivity index (χ2n) is 9.65. The van der Waals surface area contributed by atoms with E-state index in [-0.39, 0.29) is 0 Å². The van der Waals surface area contributed by atoms with Crippen molar-refractivity contribution in [1.29, 1.82) is 0 Å². The number of nitrogens with zero attached hydrogens (tertiary/aromatic N) is 2. The molecule has 1 saturated heterocycles. The molecular formula is C22H29BN2O4S. The molecule has 1 unspecified atom stereocenters. The first-order valence-electron chi connectivity index (χ1n) is 10.2. The Bertz CT molecular complexity index is 1180. The number of hydrogen-bond acceptors (Lipinski definition) is 5. The molecule has 1 aromatic heterocycles. The molecule has 0 bridgehead atoms. The van der Waals surface area contributed by atoms with E-state index in [4.69, 9.17) is 9.31 Å². The van der Waals surface area contributed by atoms with Crippen molar-refractivity contribution < 1.29 is 17.7 Å². The van der Waals surface area contributed by atoms with Gasteiger partial charge in [-0.15, -0.1) is 0 Å². The fourth-order valence-corrected chi connectivity index (χ4v) is 6.11. The maximum atomic E-state index is 13.7. The van der Waals surface area contributed by atoms with Crippen molar-refractivity contribution in [2.75, 3.05) is 0 Å². The molecule has 0 radical (unpaired) electrons. The Morgan fingerprint density at radius 2 is 1.63 bits per heavy atom. The summed E-state index contributed by atoms with van der Waals surface area (Å²) < 4.78 is 39.9. The Kier molecular flexibility index (Phi) is 4.66. The molecule has 0 spiro atoms. The summed E-state index contributed by atoms with van der Waals surface area (Å²) in [5.41, 5.74) is 2.43. The Morgan fingerprint density at radius 3 is 2.23 bits per heavy atom. The van der Waals surface area contributed by atoms with Crippen molar-refractivity contribution in [3.05, 3.63) is 53.2 Å². The molecular weight excluding hydrogens is 399 g/mol. The van der Waals surface area contributed by atoms with Gasteiger partial charge in [-0.05, 0) is 66.4 Å². The van der Waals surface area contributed by atoms with Gasteiger partial charge in [0.2, 0.25) is 0 Å². The van der Waals surface area contributed by atoms with E-state index in [0.29, 0.717) is 11.9 Å². The minimum atomic E-state index is -3.79. The van der Waals surface area contributed by atoms with Crippen molar-refractivity contribution in [1.82, 2.24) is 9.19 Å². The number of hydrogen-bond donors (Lipinski definition) is 0. The highest BCUT2D eigenvalue weighted by Gasteiger charge is 2.54. The first-order valence-corrected chi connectivity index (χ1v) is 11.7. The fraction of sp³-hybridized carbons (Fsp3) is 0.500. The van der Waals surface area contributed by atoms with Crippen molar-refractivity contribution in [2.45, 2.75) is 70.8 Å². The first kappa shape index (κ1) is 21.3. The standard InChI is InChI=1S/C22H29BN2O4S/c1-15-12-22(7,30(26,27)25-18-11-9-8-10-17(18)14-24-25)13-16(2)19(15)23-28-20(3,4)21(5,6)29-23/h8-12,14H,13H2,1-7H3. The van der Waals surface area contributed by atoms with Gasteiger partial charge in [0.1, 0.15) is 4.75 Å².